The van der Waals surface area contributed by atoms with Crippen molar-refractivity contribution in [1.29, 1.82) is 0 Å². The number of fused-ring (bicyclic) bond motifs is 1. The van der Waals surface area contributed by atoms with E-state index in [0.717, 1.165) is 54.9 Å². The van der Waals surface area contributed by atoms with Crippen molar-refractivity contribution < 1.29 is 22.7 Å². The Morgan fingerprint density at radius 3 is 2.70 bits per heavy atom. The van der Waals surface area contributed by atoms with Gasteiger partial charge in [-0.3, -0.25) is 9.69 Å². The second-order valence-electron chi connectivity index (χ2n) is 8.40. The SMILES string of the molecule is CCC1CN(c2nc3ccc(C(F)(F)F)cc3s2)CCN1Cc1cc(C)cc(OC(C)=O)c1. The molecule has 2 heterocycles. The second-order valence-corrected chi connectivity index (χ2v) is 9.41. The number of thiazole rings is 1. The van der Waals surface area contributed by atoms with Gasteiger partial charge in [-0.1, -0.05) is 24.3 Å². The van der Waals surface area contributed by atoms with Gasteiger partial charge in [-0.15, -0.1) is 0 Å². The lowest BCUT2D eigenvalue weighted by molar-refractivity contribution is -0.137. The van der Waals surface area contributed by atoms with Gasteiger partial charge in [0.1, 0.15) is 5.75 Å². The zero-order valence-corrected chi connectivity index (χ0v) is 19.6. The van der Waals surface area contributed by atoms with E-state index in [2.05, 4.69) is 27.8 Å². The van der Waals surface area contributed by atoms with Crippen molar-refractivity contribution in [1.82, 2.24) is 9.88 Å². The molecule has 1 saturated heterocycles. The summed E-state index contributed by atoms with van der Waals surface area (Å²) >= 11 is 1.31. The maximum Gasteiger partial charge on any atom is 0.416 e. The summed E-state index contributed by atoms with van der Waals surface area (Å²) in [6.45, 7) is 8.53. The molecule has 1 atom stereocenters. The van der Waals surface area contributed by atoms with Gasteiger partial charge in [-0.2, -0.15) is 13.2 Å². The van der Waals surface area contributed by atoms with Gasteiger partial charge < -0.3 is 9.64 Å². The molecule has 2 aromatic carbocycles. The largest absolute Gasteiger partial charge is 0.427 e. The number of ether oxygens (including phenoxy) is 1. The van der Waals surface area contributed by atoms with Crippen molar-refractivity contribution in [2.24, 2.45) is 0 Å². The van der Waals surface area contributed by atoms with E-state index in [1.165, 1.54) is 30.4 Å². The number of carbonyl (C=O) groups excluding carboxylic acids is 1. The Morgan fingerprint density at radius 1 is 1.21 bits per heavy atom. The van der Waals surface area contributed by atoms with E-state index in [1.54, 1.807) is 0 Å². The molecular formula is C24H26F3N3O2S. The first-order valence-corrected chi connectivity index (χ1v) is 11.7. The number of aromatic nitrogens is 1. The van der Waals surface area contributed by atoms with E-state index in [-0.39, 0.29) is 12.0 Å². The van der Waals surface area contributed by atoms with Crippen LogP contribution in [0.15, 0.2) is 36.4 Å². The maximum atomic E-state index is 13.1. The maximum absolute atomic E-state index is 13.1. The summed E-state index contributed by atoms with van der Waals surface area (Å²) in [7, 11) is 0. The van der Waals surface area contributed by atoms with E-state index in [9.17, 15) is 18.0 Å². The smallest absolute Gasteiger partial charge is 0.416 e. The number of hydrogen-bond donors (Lipinski definition) is 0. The van der Waals surface area contributed by atoms with Gasteiger partial charge in [0.05, 0.1) is 15.8 Å². The van der Waals surface area contributed by atoms with Crippen LogP contribution in [0.1, 0.15) is 37.0 Å². The summed E-state index contributed by atoms with van der Waals surface area (Å²) in [5, 5.41) is 0.759. The molecule has 1 unspecified atom stereocenters. The molecule has 176 valence electrons. The summed E-state index contributed by atoms with van der Waals surface area (Å²) in [6.07, 6.45) is -3.43. The van der Waals surface area contributed by atoms with Crippen LogP contribution in [-0.4, -0.2) is 41.5 Å². The first-order chi connectivity index (χ1) is 15.6. The van der Waals surface area contributed by atoms with Crippen LogP contribution in [-0.2, 0) is 17.5 Å². The number of benzene rings is 2. The van der Waals surface area contributed by atoms with E-state index in [1.807, 2.05) is 19.1 Å². The minimum Gasteiger partial charge on any atom is -0.427 e. The Morgan fingerprint density at radius 2 is 2.00 bits per heavy atom. The molecule has 0 aliphatic carbocycles. The number of piperazine rings is 1. The van der Waals surface area contributed by atoms with Gasteiger partial charge >= 0.3 is 12.1 Å². The fourth-order valence-corrected chi connectivity index (χ4v) is 5.30. The number of esters is 1. The molecular weight excluding hydrogens is 451 g/mol. The topological polar surface area (TPSA) is 45.7 Å². The van der Waals surface area contributed by atoms with Crippen molar-refractivity contribution in [2.45, 2.75) is 46.0 Å². The highest BCUT2D eigenvalue weighted by atomic mass is 32.1. The van der Waals surface area contributed by atoms with E-state index >= 15 is 0 Å². The van der Waals surface area contributed by atoms with E-state index in [0.29, 0.717) is 16.0 Å². The molecule has 9 heteroatoms. The first kappa shape index (κ1) is 23.5. The number of halogens is 3. The van der Waals surface area contributed by atoms with Crippen LogP contribution < -0.4 is 9.64 Å². The molecule has 0 amide bonds. The zero-order valence-electron chi connectivity index (χ0n) is 18.8. The lowest BCUT2D eigenvalue weighted by atomic mass is 10.1. The molecule has 0 spiro atoms. The molecule has 33 heavy (non-hydrogen) atoms. The number of aryl methyl sites for hydroxylation is 1. The summed E-state index contributed by atoms with van der Waals surface area (Å²) in [5.41, 5.74) is 2.06. The highest BCUT2D eigenvalue weighted by molar-refractivity contribution is 7.22. The number of rotatable bonds is 5. The average Bonchev–Trinajstić information content (AvgIpc) is 3.16. The molecule has 1 aliphatic heterocycles. The first-order valence-electron chi connectivity index (χ1n) is 10.9. The molecule has 0 N–H and O–H groups in total. The number of nitrogens with zero attached hydrogens (tertiary/aromatic N) is 3. The van der Waals surface area contributed by atoms with Crippen LogP contribution in [0.2, 0.25) is 0 Å². The van der Waals surface area contributed by atoms with Gasteiger partial charge in [-0.25, -0.2) is 4.98 Å². The van der Waals surface area contributed by atoms with Crippen molar-refractivity contribution >= 4 is 32.7 Å². The highest BCUT2D eigenvalue weighted by Gasteiger charge is 2.31. The number of alkyl halides is 3. The van der Waals surface area contributed by atoms with Gasteiger partial charge in [0.25, 0.3) is 0 Å². The Bertz CT molecular complexity index is 1160. The molecule has 0 saturated carbocycles. The number of carbonyl (C=O) groups is 1. The highest BCUT2D eigenvalue weighted by Crippen LogP contribution is 2.36. The standard InChI is InChI=1S/C24H26F3N3O2S/c1-4-19-14-30(23-28-21-6-5-18(24(25,26)27)12-22(21)33-23)8-7-29(19)13-17-9-15(2)10-20(11-17)32-16(3)31/h5-6,9-12,19H,4,7-8,13-14H2,1-3H3. The summed E-state index contributed by atoms with van der Waals surface area (Å²) in [5.74, 6) is 0.210. The summed E-state index contributed by atoms with van der Waals surface area (Å²) in [4.78, 5) is 20.5. The third kappa shape index (κ3) is 5.47. The molecule has 1 aromatic heterocycles. The van der Waals surface area contributed by atoms with Crippen molar-refractivity contribution in [3.8, 4) is 5.75 Å². The van der Waals surface area contributed by atoms with Crippen molar-refractivity contribution in [2.75, 3.05) is 24.5 Å². The van der Waals surface area contributed by atoms with Crippen LogP contribution in [0.3, 0.4) is 0 Å². The molecule has 4 rings (SSSR count). The molecule has 1 aliphatic rings. The molecule has 5 nitrogen and oxygen atoms in total. The summed E-state index contributed by atoms with van der Waals surface area (Å²) in [6, 6.07) is 9.83. The van der Waals surface area contributed by atoms with Crippen LogP contribution in [0.5, 0.6) is 5.75 Å². The lowest BCUT2D eigenvalue weighted by Gasteiger charge is -2.41. The van der Waals surface area contributed by atoms with E-state index in [4.69, 9.17) is 4.74 Å². The fraction of sp³-hybridized carbons (Fsp3) is 0.417. The molecule has 3 aromatic rings. The number of anilines is 1. The Labute approximate surface area is 194 Å². The predicted molar refractivity (Wildman–Crippen MR) is 124 cm³/mol. The third-order valence-corrected chi connectivity index (χ3v) is 6.89. The normalized spacial score (nSPS) is 17.5. The van der Waals surface area contributed by atoms with Crippen molar-refractivity contribution in [3.05, 3.63) is 53.1 Å². The van der Waals surface area contributed by atoms with Crippen LogP contribution in [0, 0.1) is 6.92 Å². The second kappa shape index (κ2) is 9.30. The molecule has 0 radical (unpaired) electrons. The molecule has 1 fully saturated rings. The van der Waals surface area contributed by atoms with Crippen molar-refractivity contribution in [3.63, 3.8) is 0 Å². The average molecular weight is 478 g/mol. The van der Waals surface area contributed by atoms with Crippen LogP contribution in [0.4, 0.5) is 18.3 Å². The van der Waals surface area contributed by atoms with Gasteiger partial charge in [0.2, 0.25) is 0 Å². The quantitative estimate of drug-likeness (QED) is 0.351. The predicted octanol–water partition coefficient (Wildman–Crippen LogP) is 5.65. The Kier molecular flexibility index (Phi) is 6.63. The zero-order chi connectivity index (χ0) is 23.8. The fourth-order valence-electron chi connectivity index (χ4n) is 4.26. The lowest BCUT2D eigenvalue weighted by Crippen LogP contribution is -2.52. The minimum atomic E-state index is -4.36. The minimum absolute atomic E-state index is 0.272. The van der Waals surface area contributed by atoms with Gasteiger partial charge in [0, 0.05) is 39.1 Å². The Hall–Kier alpha value is -2.65. The Balaban J connectivity index is 1.49. The molecule has 0 bridgehead atoms. The van der Waals surface area contributed by atoms with E-state index < -0.39 is 11.7 Å². The van der Waals surface area contributed by atoms with Gasteiger partial charge in [0.15, 0.2) is 5.13 Å². The monoisotopic (exact) mass is 477 g/mol. The van der Waals surface area contributed by atoms with Gasteiger partial charge in [-0.05, 0) is 54.8 Å². The number of hydrogen-bond acceptors (Lipinski definition) is 6. The van der Waals surface area contributed by atoms with Crippen LogP contribution >= 0.6 is 11.3 Å². The third-order valence-electron chi connectivity index (χ3n) is 5.81. The van der Waals surface area contributed by atoms with Crippen LogP contribution in [0.25, 0.3) is 10.2 Å². The summed E-state index contributed by atoms with van der Waals surface area (Å²) < 4.78 is 45.0.